The van der Waals surface area contributed by atoms with Gasteiger partial charge < -0.3 is 10.00 Å². The third-order valence-corrected chi connectivity index (χ3v) is 1.77. The van der Waals surface area contributed by atoms with Crippen LogP contribution in [0.1, 0.15) is 34.1 Å². The van der Waals surface area contributed by atoms with Crippen LogP contribution in [0.4, 0.5) is 0 Å². The van der Waals surface area contributed by atoms with Crippen LogP contribution in [0.2, 0.25) is 0 Å². The topological polar surface area (TPSA) is 40.5 Å². The van der Waals surface area contributed by atoms with E-state index in [-0.39, 0.29) is 0 Å². The van der Waals surface area contributed by atoms with Crippen LogP contribution in [0.3, 0.4) is 0 Å². The van der Waals surface area contributed by atoms with Gasteiger partial charge in [-0.1, -0.05) is 70.5 Å². The first kappa shape index (κ1) is 19.2. The molecule has 3 heteroatoms. The molecule has 18 heavy (non-hydrogen) atoms. The largest absolute Gasteiger partial charge is 0.507 e. The number of hydrogen-bond acceptors (Lipinski definition) is 2. The Morgan fingerprint density at radius 1 is 0.889 bits per heavy atom. The summed E-state index contributed by atoms with van der Waals surface area (Å²) in [5.41, 5.74) is 0. The van der Waals surface area contributed by atoms with Crippen LogP contribution in [0.25, 0.3) is 10.8 Å². The maximum absolute atomic E-state index is 9.37. The van der Waals surface area contributed by atoms with Gasteiger partial charge in [0.1, 0.15) is 5.75 Å². The average Bonchev–Trinajstić information content (AvgIpc) is 2.45. The molecule has 0 bridgehead atoms. The van der Waals surface area contributed by atoms with Crippen molar-refractivity contribution in [1.29, 1.82) is 0 Å². The van der Waals surface area contributed by atoms with Crippen molar-refractivity contribution >= 4 is 20.2 Å². The molecule has 0 heterocycles. The molecule has 0 radical (unpaired) electrons. The van der Waals surface area contributed by atoms with Crippen molar-refractivity contribution in [2.75, 3.05) is 0 Å². The highest BCUT2D eigenvalue weighted by atomic mass is 31.0. The summed E-state index contributed by atoms with van der Waals surface area (Å²) in [6.07, 6.45) is 1.25. The summed E-state index contributed by atoms with van der Waals surface area (Å²) in [6.45, 7) is 8.25. The zero-order valence-corrected chi connectivity index (χ0v) is 12.9. The zero-order valence-electron chi connectivity index (χ0n) is 11.7. The van der Waals surface area contributed by atoms with E-state index in [1.165, 1.54) is 15.9 Å². The first-order valence-electron chi connectivity index (χ1n) is 6.22. The Balaban J connectivity index is 0. The molecule has 2 nitrogen and oxygen atoms in total. The number of phenolic OH excluding ortho intramolecular Hbond substituents is 1. The molecule has 0 aliphatic rings. The van der Waals surface area contributed by atoms with Crippen molar-refractivity contribution < 1.29 is 10.00 Å². The van der Waals surface area contributed by atoms with Crippen LogP contribution in [0.5, 0.6) is 5.75 Å². The lowest BCUT2D eigenvalue weighted by molar-refractivity contribution is 0.481. The molecule has 1 atom stereocenters. The van der Waals surface area contributed by atoms with Crippen molar-refractivity contribution in [2.24, 2.45) is 0 Å². The second-order valence-electron chi connectivity index (χ2n) is 3.21. The second kappa shape index (κ2) is 14.0. The van der Waals surface area contributed by atoms with Gasteiger partial charge in [0.2, 0.25) is 0 Å². The van der Waals surface area contributed by atoms with Gasteiger partial charge in [-0.25, -0.2) is 0 Å². The standard InChI is InChI=1S/C10H8O.C3H8.C2H6.H3OP/c11-10-7-3-5-8-4-1-2-6-9(8)10;1-3-2;2*1-2/h1-7,11H;3H2,1-2H3;1-2H3;1H,2H2. The van der Waals surface area contributed by atoms with E-state index in [1.807, 2.05) is 50.2 Å². The molecular weight excluding hydrogens is 243 g/mol. The molecule has 102 valence electrons. The van der Waals surface area contributed by atoms with Crippen molar-refractivity contribution in [3.05, 3.63) is 42.5 Å². The molecule has 1 unspecified atom stereocenters. The minimum absolute atomic E-state index is 0.350. The lowest BCUT2D eigenvalue weighted by Gasteiger charge is -1.97. The SMILES string of the molecule is CC.CCC.OP.Oc1cccc2ccccc12. The van der Waals surface area contributed by atoms with Gasteiger partial charge in [-0.15, -0.1) is 0 Å². The van der Waals surface area contributed by atoms with E-state index >= 15 is 0 Å². The summed E-state index contributed by atoms with van der Waals surface area (Å²) in [5, 5.41) is 11.4. The van der Waals surface area contributed by atoms with Gasteiger partial charge in [-0.2, -0.15) is 0 Å². The summed E-state index contributed by atoms with van der Waals surface area (Å²) in [7, 11) is 1.42. The van der Waals surface area contributed by atoms with Crippen LogP contribution in [-0.2, 0) is 0 Å². The van der Waals surface area contributed by atoms with Crippen LogP contribution in [-0.4, -0.2) is 10.00 Å². The van der Waals surface area contributed by atoms with E-state index < -0.39 is 0 Å². The lowest BCUT2D eigenvalue weighted by Crippen LogP contribution is -1.70. The zero-order chi connectivity index (χ0) is 14.4. The van der Waals surface area contributed by atoms with Crippen LogP contribution >= 0.6 is 9.47 Å². The number of fused-ring (bicyclic) bond motifs is 1. The van der Waals surface area contributed by atoms with E-state index in [1.54, 1.807) is 6.07 Å². The van der Waals surface area contributed by atoms with Crippen LogP contribution in [0, 0.1) is 0 Å². The van der Waals surface area contributed by atoms with Crippen molar-refractivity contribution in [3.8, 4) is 5.75 Å². The number of aromatic hydroxyl groups is 1. The smallest absolute Gasteiger partial charge is 0.123 e. The molecule has 0 aromatic heterocycles. The lowest BCUT2D eigenvalue weighted by atomic mass is 10.1. The van der Waals surface area contributed by atoms with Gasteiger partial charge in [0.05, 0.1) is 0 Å². The third-order valence-electron chi connectivity index (χ3n) is 1.77. The third kappa shape index (κ3) is 7.26. The number of phenols is 1. The van der Waals surface area contributed by atoms with Gasteiger partial charge in [-0.3, -0.25) is 0 Å². The van der Waals surface area contributed by atoms with Crippen LogP contribution < -0.4 is 0 Å². The fourth-order valence-corrected chi connectivity index (χ4v) is 1.21. The van der Waals surface area contributed by atoms with Gasteiger partial charge in [0, 0.05) is 5.39 Å². The number of rotatable bonds is 0. The molecule has 2 rings (SSSR count). The highest BCUT2D eigenvalue weighted by Gasteiger charge is 1.94. The molecule has 0 saturated carbocycles. The van der Waals surface area contributed by atoms with Gasteiger partial charge in [0.15, 0.2) is 0 Å². The molecule has 0 fully saturated rings. The van der Waals surface area contributed by atoms with E-state index in [4.69, 9.17) is 4.89 Å². The summed E-state index contributed by atoms with van der Waals surface area (Å²) in [5.74, 6) is 0.350. The van der Waals surface area contributed by atoms with Gasteiger partial charge >= 0.3 is 0 Å². The Labute approximate surface area is 113 Å². The monoisotopic (exact) mass is 268 g/mol. The van der Waals surface area contributed by atoms with Crippen molar-refractivity contribution in [1.82, 2.24) is 0 Å². The highest BCUT2D eigenvalue weighted by Crippen LogP contribution is 2.22. The van der Waals surface area contributed by atoms with Gasteiger partial charge in [0.25, 0.3) is 0 Å². The summed E-state index contributed by atoms with van der Waals surface area (Å²) < 4.78 is 0. The fourth-order valence-electron chi connectivity index (χ4n) is 1.21. The quantitative estimate of drug-likeness (QED) is 0.676. The van der Waals surface area contributed by atoms with E-state index in [0.717, 1.165) is 10.8 Å². The minimum atomic E-state index is 0.350. The normalized spacial score (nSPS) is 7.89. The molecule has 0 saturated heterocycles. The fraction of sp³-hybridized carbons (Fsp3) is 0.333. The molecule has 0 spiro atoms. The predicted octanol–water partition coefficient (Wildman–Crippen LogP) is 4.76. The molecule has 0 aliphatic heterocycles. The average molecular weight is 268 g/mol. The summed E-state index contributed by atoms with van der Waals surface area (Å²) in [6, 6.07) is 13.3. The Morgan fingerprint density at radius 3 is 1.83 bits per heavy atom. The van der Waals surface area contributed by atoms with E-state index in [2.05, 4.69) is 13.8 Å². The van der Waals surface area contributed by atoms with E-state index in [0.29, 0.717) is 5.75 Å². The Kier molecular flexibility index (Phi) is 14.9. The second-order valence-corrected chi connectivity index (χ2v) is 3.21. The van der Waals surface area contributed by atoms with E-state index in [9.17, 15) is 5.11 Å². The first-order valence-corrected chi connectivity index (χ1v) is 6.73. The Hall–Kier alpha value is -1.11. The number of benzene rings is 2. The minimum Gasteiger partial charge on any atom is -0.507 e. The Bertz CT molecular complexity index is 397. The molecule has 2 N–H and O–H groups in total. The van der Waals surface area contributed by atoms with Crippen molar-refractivity contribution in [2.45, 2.75) is 34.1 Å². The predicted molar refractivity (Wildman–Crippen MR) is 84.9 cm³/mol. The first-order chi connectivity index (χ1) is 8.79. The van der Waals surface area contributed by atoms with Crippen molar-refractivity contribution in [3.63, 3.8) is 0 Å². The Morgan fingerprint density at radius 2 is 1.33 bits per heavy atom. The number of hydrogen-bond donors (Lipinski definition) is 2. The summed E-state index contributed by atoms with van der Waals surface area (Å²) >= 11 is 0. The summed E-state index contributed by atoms with van der Waals surface area (Å²) in [4.78, 5) is 6.92. The molecule has 2 aromatic carbocycles. The molecular formula is C15H25O2P. The van der Waals surface area contributed by atoms with Gasteiger partial charge in [-0.05, 0) is 20.9 Å². The molecule has 0 aliphatic carbocycles. The molecule has 0 amide bonds. The maximum Gasteiger partial charge on any atom is 0.123 e. The molecule has 2 aromatic rings. The van der Waals surface area contributed by atoms with Crippen LogP contribution in [0.15, 0.2) is 42.5 Å². The maximum atomic E-state index is 9.37. The highest BCUT2D eigenvalue weighted by molar-refractivity contribution is 7.08.